The van der Waals surface area contributed by atoms with Gasteiger partial charge in [0, 0.05) is 7.11 Å². The molecule has 2 rings (SSSR count). The van der Waals surface area contributed by atoms with Gasteiger partial charge in [-0.1, -0.05) is 30.0 Å². The zero-order chi connectivity index (χ0) is 13.5. The fraction of sp³-hybridized carbons (Fsp3) is 0.286. The molecule has 0 amide bonds. The lowest BCUT2D eigenvalue weighted by Crippen LogP contribution is -2.14. The van der Waals surface area contributed by atoms with E-state index in [0.717, 1.165) is 10.6 Å². The van der Waals surface area contributed by atoms with E-state index in [0.29, 0.717) is 0 Å². The molecule has 1 aromatic heterocycles. The molecular formula is C14H16O3S2. The van der Waals surface area contributed by atoms with Crippen LogP contribution in [0.3, 0.4) is 0 Å². The number of benzene rings is 1. The van der Waals surface area contributed by atoms with Gasteiger partial charge in [-0.3, -0.25) is 0 Å². The fourth-order valence-corrected chi connectivity index (χ4v) is 3.16. The summed E-state index contributed by atoms with van der Waals surface area (Å²) in [4.78, 5) is 1.08. The molecule has 0 spiro atoms. The van der Waals surface area contributed by atoms with Gasteiger partial charge in [0.05, 0.1) is 9.10 Å². The van der Waals surface area contributed by atoms with Gasteiger partial charge >= 0.3 is 0 Å². The molecule has 0 saturated carbocycles. The Hall–Kier alpha value is -1.01. The topological polar surface area (TPSA) is 27.7 Å². The summed E-state index contributed by atoms with van der Waals surface area (Å²) in [7, 11) is 1.60. The number of methoxy groups -OCH3 is 1. The molecule has 0 fully saturated rings. The van der Waals surface area contributed by atoms with Gasteiger partial charge in [0.15, 0.2) is 13.1 Å². The number of thiophene rings is 1. The van der Waals surface area contributed by atoms with Gasteiger partial charge in [0.2, 0.25) is 0 Å². The third-order valence-electron chi connectivity index (χ3n) is 2.40. The van der Waals surface area contributed by atoms with Crippen molar-refractivity contribution < 1.29 is 14.2 Å². The van der Waals surface area contributed by atoms with Crippen molar-refractivity contribution in [2.45, 2.75) is 22.3 Å². The van der Waals surface area contributed by atoms with Crippen LogP contribution in [0, 0.1) is 0 Å². The van der Waals surface area contributed by atoms with Gasteiger partial charge in [0.1, 0.15) is 5.75 Å². The van der Waals surface area contributed by atoms with E-state index in [1.54, 1.807) is 30.2 Å². The third kappa shape index (κ3) is 4.54. The molecule has 0 saturated heterocycles. The first-order chi connectivity index (χ1) is 9.29. The van der Waals surface area contributed by atoms with Gasteiger partial charge < -0.3 is 14.2 Å². The van der Waals surface area contributed by atoms with E-state index in [-0.39, 0.29) is 13.1 Å². The van der Waals surface area contributed by atoms with Crippen molar-refractivity contribution in [1.29, 1.82) is 0 Å². The van der Waals surface area contributed by atoms with E-state index in [1.807, 2.05) is 37.3 Å². The van der Waals surface area contributed by atoms with Crippen LogP contribution in [0.25, 0.3) is 0 Å². The van der Waals surface area contributed by atoms with Gasteiger partial charge in [-0.05, 0) is 30.5 Å². The first-order valence-corrected chi connectivity index (χ1v) is 7.57. The normalized spacial score (nSPS) is 12.3. The molecule has 1 atom stereocenters. The van der Waals surface area contributed by atoms with Crippen molar-refractivity contribution in [3.63, 3.8) is 0 Å². The van der Waals surface area contributed by atoms with Crippen molar-refractivity contribution in [2.24, 2.45) is 0 Å². The molecule has 2 aromatic rings. The predicted molar refractivity (Wildman–Crippen MR) is 77.9 cm³/mol. The van der Waals surface area contributed by atoms with Crippen molar-refractivity contribution >= 4 is 23.1 Å². The highest BCUT2D eigenvalue weighted by Crippen LogP contribution is 2.36. The molecule has 0 aliphatic heterocycles. The Balaban J connectivity index is 1.96. The number of hydrogen-bond donors (Lipinski definition) is 0. The average molecular weight is 296 g/mol. The molecule has 5 heteroatoms. The van der Waals surface area contributed by atoms with Crippen molar-refractivity contribution in [3.05, 3.63) is 41.8 Å². The van der Waals surface area contributed by atoms with Crippen LogP contribution in [0.1, 0.15) is 6.92 Å². The number of hydrogen-bond acceptors (Lipinski definition) is 5. The number of rotatable bonds is 7. The molecule has 0 aliphatic rings. The molecule has 3 nitrogen and oxygen atoms in total. The number of para-hydroxylation sites is 1. The lowest BCUT2D eigenvalue weighted by Gasteiger charge is -2.13. The van der Waals surface area contributed by atoms with E-state index < -0.39 is 0 Å². The second-order valence-electron chi connectivity index (χ2n) is 3.71. The summed E-state index contributed by atoms with van der Waals surface area (Å²) in [6.07, 6.45) is -0.267. The Bertz CT molecular complexity index is 485. The van der Waals surface area contributed by atoms with Gasteiger partial charge in [-0.2, -0.15) is 0 Å². The Labute approximate surface area is 121 Å². The zero-order valence-electron chi connectivity index (χ0n) is 10.9. The molecule has 102 valence electrons. The van der Waals surface area contributed by atoms with E-state index in [2.05, 4.69) is 11.4 Å². The molecule has 1 aromatic carbocycles. The van der Waals surface area contributed by atoms with E-state index in [9.17, 15) is 0 Å². The molecule has 0 N–H and O–H groups in total. The largest absolute Gasteiger partial charge is 0.466 e. The first kappa shape index (κ1) is 14.4. The first-order valence-electron chi connectivity index (χ1n) is 5.87. The van der Waals surface area contributed by atoms with Gasteiger partial charge in [0.25, 0.3) is 0 Å². The summed E-state index contributed by atoms with van der Waals surface area (Å²) in [5, 5.41) is 2.06. The summed E-state index contributed by atoms with van der Waals surface area (Å²) in [6.45, 7) is 2.01. The van der Waals surface area contributed by atoms with Crippen LogP contribution in [-0.4, -0.2) is 20.2 Å². The lowest BCUT2D eigenvalue weighted by molar-refractivity contribution is -0.150. The minimum atomic E-state index is -0.267. The summed E-state index contributed by atoms with van der Waals surface area (Å²) >= 11 is 3.41. The highest BCUT2D eigenvalue weighted by molar-refractivity contribution is 8.01. The molecule has 19 heavy (non-hydrogen) atoms. The lowest BCUT2D eigenvalue weighted by atomic mass is 10.3. The Kier molecular flexibility index (Phi) is 5.72. The quantitative estimate of drug-likeness (QED) is 0.714. The maximum atomic E-state index is 5.64. The highest BCUT2D eigenvalue weighted by Gasteiger charge is 2.06. The Morgan fingerprint density at radius 3 is 2.79 bits per heavy atom. The molecule has 0 radical (unpaired) electrons. The molecule has 0 aliphatic carbocycles. The standard InChI is InChI=1S/C14H16O3S2/c1-11(15-2)16-10-17-12-6-3-4-7-13(12)19-14-8-5-9-18-14/h3-9,11H,10H2,1-2H3. The average Bonchev–Trinajstić information content (AvgIpc) is 2.93. The smallest absolute Gasteiger partial charge is 0.191 e. The van der Waals surface area contributed by atoms with Crippen LogP contribution < -0.4 is 4.74 Å². The molecule has 0 bridgehead atoms. The second kappa shape index (κ2) is 7.55. The van der Waals surface area contributed by atoms with E-state index in [1.165, 1.54) is 4.21 Å². The second-order valence-corrected chi connectivity index (χ2v) is 6.00. The van der Waals surface area contributed by atoms with Crippen LogP contribution in [-0.2, 0) is 9.47 Å². The van der Waals surface area contributed by atoms with Crippen LogP contribution in [0.5, 0.6) is 5.75 Å². The van der Waals surface area contributed by atoms with Crippen molar-refractivity contribution in [2.75, 3.05) is 13.9 Å². The number of ether oxygens (including phenoxy) is 3. The van der Waals surface area contributed by atoms with E-state index in [4.69, 9.17) is 14.2 Å². The van der Waals surface area contributed by atoms with Crippen LogP contribution in [0.4, 0.5) is 0 Å². The zero-order valence-corrected chi connectivity index (χ0v) is 12.5. The minimum Gasteiger partial charge on any atom is -0.466 e. The Morgan fingerprint density at radius 1 is 1.21 bits per heavy atom. The summed E-state index contributed by atoms with van der Waals surface area (Å²) in [5.41, 5.74) is 0. The Morgan fingerprint density at radius 2 is 2.05 bits per heavy atom. The van der Waals surface area contributed by atoms with Crippen LogP contribution in [0.15, 0.2) is 50.9 Å². The van der Waals surface area contributed by atoms with Crippen LogP contribution >= 0.6 is 23.1 Å². The van der Waals surface area contributed by atoms with Crippen molar-refractivity contribution in [1.82, 2.24) is 0 Å². The molecule has 1 unspecified atom stereocenters. The van der Waals surface area contributed by atoms with Gasteiger partial charge in [-0.15, -0.1) is 11.3 Å². The molecule has 1 heterocycles. The minimum absolute atomic E-state index is 0.178. The van der Waals surface area contributed by atoms with Gasteiger partial charge in [-0.25, -0.2) is 0 Å². The van der Waals surface area contributed by atoms with Crippen molar-refractivity contribution in [3.8, 4) is 5.75 Å². The fourth-order valence-electron chi connectivity index (χ4n) is 1.35. The third-order valence-corrected chi connectivity index (χ3v) is 4.50. The monoisotopic (exact) mass is 296 g/mol. The SMILES string of the molecule is COC(C)OCOc1ccccc1Sc1cccs1. The van der Waals surface area contributed by atoms with Crippen LogP contribution in [0.2, 0.25) is 0 Å². The summed E-state index contributed by atoms with van der Waals surface area (Å²) in [6, 6.07) is 12.1. The summed E-state index contributed by atoms with van der Waals surface area (Å²) < 4.78 is 17.2. The predicted octanol–water partition coefficient (Wildman–Crippen LogP) is 4.24. The van der Waals surface area contributed by atoms with E-state index >= 15 is 0 Å². The maximum absolute atomic E-state index is 5.64. The summed E-state index contributed by atoms with van der Waals surface area (Å²) in [5.74, 6) is 0.823. The molecular weight excluding hydrogens is 280 g/mol. The highest BCUT2D eigenvalue weighted by atomic mass is 32.2. The maximum Gasteiger partial charge on any atom is 0.191 e.